The molecule has 1 atom stereocenters. The predicted octanol–water partition coefficient (Wildman–Crippen LogP) is 5.51. The van der Waals surface area contributed by atoms with Crippen molar-refractivity contribution in [2.45, 2.75) is 25.7 Å². The number of amides is 1. The molecule has 0 bridgehead atoms. The second-order valence-corrected chi connectivity index (χ2v) is 11.8. The summed E-state index contributed by atoms with van der Waals surface area (Å²) in [4.78, 5) is 42.0. The number of benzene rings is 4. The van der Waals surface area contributed by atoms with Gasteiger partial charge in [0.2, 0.25) is 11.0 Å². The SMILES string of the molecule is NCC(=O)N(c1n[nH]c(=S)s1)c1cccc(C(=O)OCc2ccccc2)c1C(=O)[C@@H](N)Cc1ccc(OCc2ccccc2)cc1. The first-order valence-electron chi connectivity index (χ1n) is 14.3. The number of nitrogens with zero attached hydrogens (tertiary/aromatic N) is 2. The zero-order chi connectivity index (χ0) is 32.5. The molecule has 0 saturated heterocycles. The number of hydrogen-bond acceptors (Lipinski definition) is 10. The Kier molecular flexibility index (Phi) is 10.8. The fraction of sp³-hybridized carbons (Fsp3) is 0.147. The van der Waals surface area contributed by atoms with E-state index in [1.807, 2.05) is 84.9 Å². The van der Waals surface area contributed by atoms with E-state index in [4.69, 9.17) is 33.2 Å². The molecule has 0 aliphatic rings. The molecule has 5 N–H and O–H groups in total. The van der Waals surface area contributed by atoms with Gasteiger partial charge < -0.3 is 20.9 Å². The van der Waals surface area contributed by atoms with Gasteiger partial charge in [0.25, 0.3) is 0 Å². The van der Waals surface area contributed by atoms with Crippen LogP contribution in [-0.2, 0) is 29.2 Å². The standard InChI is InChI=1S/C34H31N5O5S2/c35-19-29(40)39(33-37-38-34(45)46-33)28-13-7-12-26(32(42)44-21-24-10-5-2-6-11-24)30(28)31(41)27(36)18-22-14-16-25(17-15-22)43-20-23-8-3-1-4-9-23/h1-17,27H,18-21,35-36H2,(H,38,45)/t27-/m0/s1. The topological polar surface area (TPSA) is 154 Å². The molecule has 0 fully saturated rings. The van der Waals surface area contributed by atoms with Crippen LogP contribution in [-0.4, -0.2) is 40.4 Å². The fourth-order valence-electron chi connectivity index (χ4n) is 4.70. The highest BCUT2D eigenvalue weighted by molar-refractivity contribution is 7.73. The summed E-state index contributed by atoms with van der Waals surface area (Å²) in [5.74, 6) is -1.23. The summed E-state index contributed by atoms with van der Waals surface area (Å²) in [6.45, 7) is 0.00182. The predicted molar refractivity (Wildman–Crippen MR) is 179 cm³/mol. The van der Waals surface area contributed by atoms with Crippen molar-refractivity contribution < 1.29 is 23.9 Å². The second kappa shape index (κ2) is 15.3. The lowest BCUT2D eigenvalue weighted by molar-refractivity contribution is -0.116. The molecule has 4 aromatic carbocycles. The lowest BCUT2D eigenvalue weighted by atomic mass is 9.93. The van der Waals surface area contributed by atoms with Crippen LogP contribution in [0.4, 0.5) is 10.8 Å². The number of aromatic nitrogens is 2. The first kappa shape index (κ1) is 32.4. The van der Waals surface area contributed by atoms with Crippen molar-refractivity contribution in [3.8, 4) is 5.75 Å². The van der Waals surface area contributed by atoms with Crippen molar-refractivity contribution in [1.82, 2.24) is 10.2 Å². The van der Waals surface area contributed by atoms with Crippen molar-refractivity contribution in [3.05, 3.63) is 135 Å². The van der Waals surface area contributed by atoms with Crippen LogP contribution < -0.4 is 21.1 Å². The fourth-order valence-corrected chi connectivity index (χ4v) is 5.61. The van der Waals surface area contributed by atoms with Gasteiger partial charge in [-0.05, 0) is 59.6 Å². The van der Waals surface area contributed by atoms with E-state index in [1.165, 1.54) is 17.0 Å². The van der Waals surface area contributed by atoms with Crippen molar-refractivity contribution in [3.63, 3.8) is 0 Å². The minimum absolute atomic E-state index is 0.0194. The molecule has 0 aliphatic heterocycles. The molecule has 1 amide bonds. The van der Waals surface area contributed by atoms with Crippen LogP contribution in [0.3, 0.4) is 0 Å². The Morgan fingerprint density at radius 2 is 1.50 bits per heavy atom. The van der Waals surface area contributed by atoms with Gasteiger partial charge in [0.1, 0.15) is 19.0 Å². The van der Waals surface area contributed by atoms with Crippen molar-refractivity contribution in [2.75, 3.05) is 11.4 Å². The minimum Gasteiger partial charge on any atom is -0.489 e. The molecule has 5 aromatic rings. The Bertz CT molecular complexity index is 1860. The number of hydrogen-bond donors (Lipinski definition) is 3. The van der Waals surface area contributed by atoms with E-state index >= 15 is 0 Å². The van der Waals surface area contributed by atoms with Crippen molar-refractivity contribution in [2.24, 2.45) is 11.5 Å². The third-order valence-corrected chi connectivity index (χ3v) is 8.04. The molecule has 0 aliphatic carbocycles. The summed E-state index contributed by atoms with van der Waals surface area (Å²) < 4.78 is 11.8. The number of aromatic amines is 1. The van der Waals surface area contributed by atoms with E-state index < -0.39 is 30.2 Å². The molecule has 0 saturated carbocycles. The molecule has 10 nitrogen and oxygen atoms in total. The van der Waals surface area contributed by atoms with Gasteiger partial charge in [-0.25, -0.2) is 4.79 Å². The van der Waals surface area contributed by atoms with Gasteiger partial charge in [-0.15, -0.1) is 5.10 Å². The lowest BCUT2D eigenvalue weighted by Crippen LogP contribution is -2.37. The number of rotatable bonds is 13. The molecule has 0 radical (unpaired) electrons. The number of ether oxygens (including phenoxy) is 2. The lowest BCUT2D eigenvalue weighted by Gasteiger charge is -2.24. The van der Waals surface area contributed by atoms with Crippen LogP contribution in [0, 0.1) is 3.95 Å². The summed E-state index contributed by atoms with van der Waals surface area (Å²) in [7, 11) is 0. The smallest absolute Gasteiger partial charge is 0.339 e. The van der Waals surface area contributed by atoms with Crippen LogP contribution in [0.5, 0.6) is 5.75 Å². The number of nitrogens with one attached hydrogen (secondary N) is 1. The first-order valence-corrected chi connectivity index (χ1v) is 15.5. The summed E-state index contributed by atoms with van der Waals surface area (Å²) in [6.07, 6.45) is 0.150. The molecule has 1 heterocycles. The Morgan fingerprint density at radius 3 is 2.11 bits per heavy atom. The van der Waals surface area contributed by atoms with E-state index in [2.05, 4.69) is 10.2 Å². The largest absolute Gasteiger partial charge is 0.489 e. The highest BCUT2D eigenvalue weighted by Crippen LogP contribution is 2.33. The third-order valence-electron chi connectivity index (χ3n) is 6.97. The van der Waals surface area contributed by atoms with Crippen LogP contribution in [0.15, 0.2) is 103 Å². The molecule has 234 valence electrons. The zero-order valence-electron chi connectivity index (χ0n) is 24.6. The number of Topliss-reactive ketones (excluding diaryl/α,β-unsaturated/α-hetero) is 1. The van der Waals surface area contributed by atoms with Gasteiger partial charge in [0.15, 0.2) is 9.74 Å². The Balaban J connectivity index is 1.44. The third kappa shape index (κ3) is 7.98. The minimum atomic E-state index is -1.08. The number of carbonyl (C=O) groups is 3. The van der Waals surface area contributed by atoms with Gasteiger partial charge in [-0.1, -0.05) is 90.2 Å². The molecular formula is C34H31N5O5S2. The molecular weight excluding hydrogens is 623 g/mol. The number of anilines is 2. The molecule has 0 spiro atoms. The number of ketones is 1. The van der Waals surface area contributed by atoms with Gasteiger partial charge in [-0.3, -0.25) is 19.6 Å². The van der Waals surface area contributed by atoms with Crippen molar-refractivity contribution in [1.29, 1.82) is 0 Å². The number of H-pyrrole nitrogens is 1. The monoisotopic (exact) mass is 653 g/mol. The summed E-state index contributed by atoms with van der Waals surface area (Å²) >= 11 is 6.20. The van der Waals surface area contributed by atoms with Crippen LogP contribution in [0.1, 0.15) is 37.4 Å². The van der Waals surface area contributed by atoms with Gasteiger partial charge in [0.05, 0.1) is 29.4 Å². The van der Waals surface area contributed by atoms with Crippen LogP contribution in [0.2, 0.25) is 0 Å². The van der Waals surface area contributed by atoms with E-state index in [1.54, 1.807) is 6.07 Å². The quantitative estimate of drug-likeness (QED) is 0.0848. The maximum Gasteiger partial charge on any atom is 0.339 e. The first-order chi connectivity index (χ1) is 22.3. The van der Waals surface area contributed by atoms with E-state index in [9.17, 15) is 14.4 Å². The second-order valence-electron chi connectivity index (χ2n) is 10.2. The molecule has 12 heteroatoms. The molecule has 46 heavy (non-hydrogen) atoms. The van der Waals surface area contributed by atoms with Crippen LogP contribution in [0.25, 0.3) is 0 Å². The molecule has 5 rings (SSSR count). The summed E-state index contributed by atoms with van der Waals surface area (Å²) in [5.41, 5.74) is 14.8. The molecule has 1 aromatic heterocycles. The summed E-state index contributed by atoms with van der Waals surface area (Å²) in [6, 6.07) is 29.7. The Labute approximate surface area is 274 Å². The Hall–Kier alpha value is -5.01. The zero-order valence-corrected chi connectivity index (χ0v) is 26.3. The number of nitrogens with two attached hydrogens (primary N) is 2. The van der Waals surface area contributed by atoms with E-state index in [0.29, 0.717) is 16.3 Å². The normalized spacial score (nSPS) is 11.4. The highest BCUT2D eigenvalue weighted by atomic mass is 32.1. The van der Waals surface area contributed by atoms with E-state index in [0.717, 1.165) is 28.0 Å². The van der Waals surface area contributed by atoms with E-state index in [-0.39, 0.29) is 35.0 Å². The number of carbonyl (C=O) groups excluding carboxylic acids is 3. The molecule has 0 unspecified atom stereocenters. The average molecular weight is 654 g/mol. The maximum atomic E-state index is 14.2. The van der Waals surface area contributed by atoms with Gasteiger partial charge >= 0.3 is 5.97 Å². The highest BCUT2D eigenvalue weighted by Gasteiger charge is 2.32. The van der Waals surface area contributed by atoms with Gasteiger partial charge in [-0.2, -0.15) is 0 Å². The summed E-state index contributed by atoms with van der Waals surface area (Å²) in [5, 5.41) is 6.93. The Morgan fingerprint density at radius 1 is 0.848 bits per heavy atom. The van der Waals surface area contributed by atoms with Gasteiger partial charge in [0, 0.05) is 0 Å². The number of esters is 1. The average Bonchev–Trinajstić information content (AvgIpc) is 3.52. The maximum absolute atomic E-state index is 14.2. The van der Waals surface area contributed by atoms with Crippen LogP contribution >= 0.6 is 23.6 Å². The van der Waals surface area contributed by atoms with Crippen molar-refractivity contribution >= 4 is 52.0 Å².